The molecule has 0 spiro atoms. The molecule has 3 saturated carbocycles. The van der Waals surface area contributed by atoms with Gasteiger partial charge in [-0.15, -0.1) is 0 Å². The van der Waals surface area contributed by atoms with E-state index in [1.165, 1.54) is 71.2 Å². The molecule has 2 unspecified atom stereocenters. The van der Waals surface area contributed by atoms with Gasteiger partial charge >= 0.3 is 13.8 Å². The quantitative estimate of drug-likeness (QED) is 0.138. The van der Waals surface area contributed by atoms with Crippen molar-refractivity contribution in [2.24, 2.45) is 46.3 Å². The van der Waals surface area contributed by atoms with Crippen LogP contribution in [0.5, 0.6) is 0 Å². The summed E-state index contributed by atoms with van der Waals surface area (Å²) in [4.78, 5) is 12.5. The van der Waals surface area contributed by atoms with Gasteiger partial charge in [-0.3, -0.25) is 0 Å². The molecule has 4 rings (SSSR count). The maximum Gasteiger partial charge on any atom is 0.407 e. The minimum atomic E-state index is -3.29. The molecule has 0 bridgehead atoms. The van der Waals surface area contributed by atoms with Crippen molar-refractivity contribution in [2.75, 3.05) is 27.3 Å². The van der Waals surface area contributed by atoms with E-state index in [2.05, 4.69) is 51.1 Å². The SMILES string of the molecule is COP(=O)(NCCNC(=O)O[C@H]1CC[C@@]2(C)C(=CCC3[C@@H]2CC[C@]2(C)C([C@H](C)CCCC(C)C)CC[C@@H]32)C1)OC. The van der Waals surface area contributed by atoms with Gasteiger partial charge < -0.3 is 19.1 Å². The van der Waals surface area contributed by atoms with Gasteiger partial charge in [-0.1, -0.05) is 65.5 Å². The molecule has 7 nitrogen and oxygen atoms in total. The van der Waals surface area contributed by atoms with Crippen molar-refractivity contribution in [3.05, 3.63) is 11.6 Å². The first-order valence-electron chi connectivity index (χ1n) is 16.1. The van der Waals surface area contributed by atoms with Gasteiger partial charge in [0.25, 0.3) is 0 Å². The highest BCUT2D eigenvalue weighted by Crippen LogP contribution is 2.67. The Balaban J connectivity index is 1.31. The van der Waals surface area contributed by atoms with Crippen LogP contribution in [0.1, 0.15) is 105 Å². The molecule has 0 aromatic rings. The molecule has 4 aliphatic carbocycles. The second-order valence-electron chi connectivity index (χ2n) is 14.3. The fraction of sp³-hybridized carbons (Fsp3) is 0.906. The van der Waals surface area contributed by atoms with Crippen LogP contribution >= 0.6 is 7.75 Å². The van der Waals surface area contributed by atoms with Gasteiger partial charge in [0.05, 0.1) is 0 Å². The van der Waals surface area contributed by atoms with Crippen LogP contribution in [0.25, 0.3) is 0 Å². The maximum atomic E-state index is 12.5. The lowest BCUT2D eigenvalue weighted by atomic mass is 9.47. The van der Waals surface area contributed by atoms with Gasteiger partial charge in [0, 0.05) is 33.7 Å². The third-order valence-electron chi connectivity index (χ3n) is 11.7. The molecule has 40 heavy (non-hydrogen) atoms. The van der Waals surface area contributed by atoms with Gasteiger partial charge in [-0.25, -0.2) is 14.4 Å². The summed E-state index contributed by atoms with van der Waals surface area (Å²) < 4.78 is 27.6. The normalized spacial score (nSPS) is 36.3. The second-order valence-corrected chi connectivity index (χ2v) is 16.3. The highest BCUT2D eigenvalue weighted by atomic mass is 31.2. The number of rotatable bonds is 12. The molecule has 0 aromatic carbocycles. The highest BCUT2D eigenvalue weighted by molar-refractivity contribution is 7.51. The zero-order valence-electron chi connectivity index (χ0n) is 26.3. The largest absolute Gasteiger partial charge is 0.446 e. The standard InChI is InChI=1S/C32H57N2O5P/c1-22(2)9-8-10-23(3)27-13-14-28-26-12-11-24-21-25(15-17-31(24,4)29(26)16-18-32(27,28)5)39-30(35)33-19-20-34-40(36,37-6)38-7/h11,22-23,25-29H,8-10,12-21H2,1-7H3,(H,33,35)(H,34,36)/t23-,25+,26?,27?,28+,29+,31+,32-/m1/s1. The van der Waals surface area contributed by atoms with Crippen molar-refractivity contribution < 1.29 is 23.1 Å². The average Bonchev–Trinajstić information content (AvgIpc) is 3.28. The number of allylic oxidation sites excluding steroid dienone is 1. The van der Waals surface area contributed by atoms with Crippen LogP contribution in [-0.2, 0) is 18.3 Å². The van der Waals surface area contributed by atoms with E-state index < -0.39 is 13.8 Å². The lowest BCUT2D eigenvalue weighted by molar-refractivity contribution is -0.0581. The number of hydrogen-bond acceptors (Lipinski definition) is 5. The fourth-order valence-electron chi connectivity index (χ4n) is 9.51. The lowest BCUT2D eigenvalue weighted by Crippen LogP contribution is -2.51. The van der Waals surface area contributed by atoms with E-state index in [-0.39, 0.29) is 24.6 Å². The molecule has 2 N–H and O–H groups in total. The predicted molar refractivity (Wildman–Crippen MR) is 161 cm³/mol. The number of alkyl carbamates (subject to hydrolysis) is 1. The van der Waals surface area contributed by atoms with Crippen LogP contribution in [0.3, 0.4) is 0 Å². The number of nitrogens with one attached hydrogen (secondary N) is 2. The molecule has 8 atom stereocenters. The molecule has 0 saturated heterocycles. The molecular formula is C32H57N2O5P. The van der Waals surface area contributed by atoms with E-state index in [9.17, 15) is 9.36 Å². The number of hydrogen-bond donors (Lipinski definition) is 2. The summed E-state index contributed by atoms with van der Waals surface area (Å²) in [6.07, 6.45) is 15.9. The Labute approximate surface area is 243 Å². The van der Waals surface area contributed by atoms with Gasteiger partial charge in [0.2, 0.25) is 0 Å². The van der Waals surface area contributed by atoms with Crippen molar-refractivity contribution in [3.8, 4) is 0 Å². The van der Waals surface area contributed by atoms with E-state index in [0.29, 0.717) is 5.41 Å². The summed E-state index contributed by atoms with van der Waals surface area (Å²) in [5, 5.41) is 5.46. The van der Waals surface area contributed by atoms with E-state index in [4.69, 9.17) is 13.8 Å². The molecular weight excluding hydrogens is 523 g/mol. The molecule has 0 aromatic heterocycles. The van der Waals surface area contributed by atoms with E-state index in [1.807, 2.05) is 0 Å². The van der Waals surface area contributed by atoms with Crippen LogP contribution in [0.15, 0.2) is 11.6 Å². The van der Waals surface area contributed by atoms with Crippen molar-refractivity contribution in [3.63, 3.8) is 0 Å². The first kappa shape index (κ1) is 32.0. The number of carbonyl (C=O) groups excluding carboxylic acids is 1. The van der Waals surface area contributed by atoms with Crippen LogP contribution in [0.4, 0.5) is 4.79 Å². The molecule has 230 valence electrons. The zero-order valence-corrected chi connectivity index (χ0v) is 27.2. The van der Waals surface area contributed by atoms with Crippen molar-refractivity contribution in [1.82, 2.24) is 10.4 Å². The fourth-order valence-corrected chi connectivity index (χ4v) is 10.3. The Morgan fingerprint density at radius 3 is 2.48 bits per heavy atom. The van der Waals surface area contributed by atoms with Gasteiger partial charge in [-0.2, -0.15) is 0 Å². The van der Waals surface area contributed by atoms with Crippen molar-refractivity contribution in [2.45, 2.75) is 111 Å². The third-order valence-corrected chi connectivity index (χ3v) is 13.3. The topological polar surface area (TPSA) is 85.9 Å². The monoisotopic (exact) mass is 580 g/mol. The number of carbonyl (C=O) groups is 1. The molecule has 8 heteroatoms. The van der Waals surface area contributed by atoms with Crippen LogP contribution in [0, 0.1) is 46.3 Å². The number of amides is 1. The van der Waals surface area contributed by atoms with Crippen molar-refractivity contribution >= 4 is 13.8 Å². The summed E-state index contributed by atoms with van der Waals surface area (Å²) in [6, 6.07) is 0. The Morgan fingerprint density at radius 1 is 1.02 bits per heavy atom. The van der Waals surface area contributed by atoms with E-state index in [1.54, 1.807) is 0 Å². The first-order chi connectivity index (χ1) is 19.0. The molecule has 0 radical (unpaired) electrons. The Bertz CT molecular complexity index is 948. The molecule has 1 amide bonds. The summed E-state index contributed by atoms with van der Waals surface area (Å²) in [7, 11) is -0.641. The van der Waals surface area contributed by atoms with Gasteiger partial charge in [-0.05, 0) is 91.3 Å². The summed E-state index contributed by atoms with van der Waals surface area (Å²) in [5.41, 5.74) is 2.28. The molecule has 4 aliphatic rings. The molecule has 3 fully saturated rings. The van der Waals surface area contributed by atoms with Crippen LogP contribution in [0.2, 0.25) is 0 Å². The Hall–Kier alpha value is -0.880. The van der Waals surface area contributed by atoms with Gasteiger partial charge in [0.1, 0.15) is 6.10 Å². The van der Waals surface area contributed by atoms with E-state index >= 15 is 0 Å². The summed E-state index contributed by atoms with van der Waals surface area (Å²) in [6.45, 7) is 13.0. The van der Waals surface area contributed by atoms with Gasteiger partial charge in [0.15, 0.2) is 0 Å². The Morgan fingerprint density at radius 2 is 1.77 bits per heavy atom. The second kappa shape index (κ2) is 13.2. The Kier molecular flexibility index (Phi) is 10.6. The third kappa shape index (κ3) is 6.68. The lowest BCUT2D eigenvalue weighted by Gasteiger charge is -2.58. The minimum Gasteiger partial charge on any atom is -0.446 e. The first-order valence-corrected chi connectivity index (χ1v) is 17.6. The maximum absolute atomic E-state index is 12.5. The smallest absolute Gasteiger partial charge is 0.407 e. The van der Waals surface area contributed by atoms with E-state index in [0.717, 1.165) is 54.8 Å². The summed E-state index contributed by atoms with van der Waals surface area (Å²) in [5.74, 6) is 4.97. The van der Waals surface area contributed by atoms with Crippen LogP contribution in [-0.4, -0.2) is 39.5 Å². The highest BCUT2D eigenvalue weighted by Gasteiger charge is 2.59. The molecule has 0 heterocycles. The predicted octanol–water partition coefficient (Wildman–Crippen LogP) is 8.11. The average molecular weight is 581 g/mol. The summed E-state index contributed by atoms with van der Waals surface area (Å²) >= 11 is 0. The van der Waals surface area contributed by atoms with Crippen molar-refractivity contribution in [1.29, 1.82) is 0 Å². The van der Waals surface area contributed by atoms with Crippen LogP contribution < -0.4 is 10.4 Å². The molecule has 0 aliphatic heterocycles. The zero-order chi connectivity index (χ0) is 29.1. The number of ether oxygens (including phenoxy) is 1. The minimum absolute atomic E-state index is 0.0794. The number of fused-ring (bicyclic) bond motifs is 5.